The molecule has 2 fully saturated rings. The second-order valence-corrected chi connectivity index (χ2v) is 7.93. The Morgan fingerprint density at radius 3 is 2.48 bits per heavy atom. The zero-order valence-corrected chi connectivity index (χ0v) is 15.6. The van der Waals surface area contributed by atoms with E-state index in [4.69, 9.17) is 4.74 Å². The van der Waals surface area contributed by atoms with Gasteiger partial charge in [-0.1, -0.05) is 0 Å². The Bertz CT molecular complexity index is 690. The zero-order valence-electron chi connectivity index (χ0n) is 15.6. The quantitative estimate of drug-likeness (QED) is 0.864. The number of nitrogens with zero attached hydrogens (tertiary/aromatic N) is 2. The smallest absolute Gasteiger partial charge is 0.421 e. The van der Waals surface area contributed by atoms with Crippen molar-refractivity contribution in [1.29, 1.82) is 0 Å². The molecular formula is C19H25F3N2O3. The Morgan fingerprint density at radius 1 is 1.33 bits per heavy atom. The summed E-state index contributed by atoms with van der Waals surface area (Å²) in [7, 11) is 1.18. The maximum atomic E-state index is 12.9. The minimum Gasteiger partial charge on any atom is -0.481 e. The molecule has 1 saturated carbocycles. The number of ether oxygens (including phenoxy) is 1. The van der Waals surface area contributed by atoms with E-state index in [-0.39, 0.29) is 17.7 Å². The van der Waals surface area contributed by atoms with Crippen LogP contribution in [0.5, 0.6) is 5.88 Å². The molecule has 1 aliphatic carbocycles. The highest BCUT2D eigenvalue weighted by atomic mass is 19.4. The van der Waals surface area contributed by atoms with E-state index < -0.39 is 23.2 Å². The number of carbonyl (C=O) groups is 1. The molecule has 1 N–H and O–H groups in total. The second-order valence-electron chi connectivity index (χ2n) is 7.93. The van der Waals surface area contributed by atoms with Crippen LogP contribution in [0.25, 0.3) is 0 Å². The summed E-state index contributed by atoms with van der Waals surface area (Å²) in [6.07, 6.45) is -1.31. The number of rotatable bonds is 4. The Balaban J connectivity index is 1.54. The van der Waals surface area contributed by atoms with Crippen molar-refractivity contribution in [3.05, 3.63) is 23.4 Å². The number of likely N-dealkylation sites (tertiary alicyclic amines) is 1. The number of piperidine rings is 1. The lowest BCUT2D eigenvalue weighted by Crippen LogP contribution is -2.51. The van der Waals surface area contributed by atoms with Crippen LogP contribution in [0.3, 0.4) is 0 Å². The molecule has 0 spiro atoms. The zero-order chi connectivity index (χ0) is 19.8. The lowest BCUT2D eigenvalue weighted by molar-refractivity contribution is -0.151. The number of hydrogen-bond acceptors (Lipinski definition) is 4. The van der Waals surface area contributed by atoms with Crippen LogP contribution in [0.1, 0.15) is 43.9 Å². The molecule has 0 bridgehead atoms. The number of pyridine rings is 1. The van der Waals surface area contributed by atoms with Crippen LogP contribution in [0.15, 0.2) is 12.1 Å². The lowest BCUT2D eigenvalue weighted by Gasteiger charge is -2.43. The average molecular weight is 386 g/mol. The molecule has 1 aliphatic heterocycles. The van der Waals surface area contributed by atoms with Crippen LogP contribution in [0.2, 0.25) is 0 Å². The van der Waals surface area contributed by atoms with Gasteiger partial charge in [-0.25, -0.2) is 4.98 Å². The molecule has 27 heavy (non-hydrogen) atoms. The Morgan fingerprint density at radius 2 is 1.96 bits per heavy atom. The van der Waals surface area contributed by atoms with Crippen molar-refractivity contribution in [2.24, 2.45) is 11.8 Å². The first kappa shape index (κ1) is 19.9. The van der Waals surface area contributed by atoms with Crippen LogP contribution >= 0.6 is 0 Å². The van der Waals surface area contributed by atoms with Gasteiger partial charge in [0.25, 0.3) is 0 Å². The topological polar surface area (TPSA) is 62.7 Å². The van der Waals surface area contributed by atoms with Gasteiger partial charge in [0.05, 0.1) is 12.7 Å². The van der Waals surface area contributed by atoms with Crippen LogP contribution in [-0.2, 0) is 17.4 Å². The molecule has 2 heterocycles. The maximum absolute atomic E-state index is 12.9. The standard InChI is InChI=1S/C19H25F3N2O3/c1-18(26)10-13(11-18)17(25)24-7-5-12(6-8-24)9-14-3-4-15(19(20,21)22)16(23-14)27-2/h3-4,12-13,26H,5-11H2,1-2H3/t13-,18+. The van der Waals surface area contributed by atoms with E-state index >= 15 is 0 Å². The van der Waals surface area contributed by atoms with Crippen LogP contribution in [-0.4, -0.2) is 46.7 Å². The predicted octanol–water partition coefficient (Wildman–Crippen LogP) is 3.05. The first-order chi connectivity index (χ1) is 12.6. The number of hydrogen-bond donors (Lipinski definition) is 1. The summed E-state index contributed by atoms with van der Waals surface area (Å²) < 4.78 is 43.6. The van der Waals surface area contributed by atoms with Gasteiger partial charge in [-0.05, 0) is 57.1 Å². The molecule has 150 valence electrons. The van der Waals surface area contributed by atoms with E-state index in [1.807, 2.05) is 4.90 Å². The summed E-state index contributed by atoms with van der Waals surface area (Å²) in [5.41, 5.74) is -1.02. The van der Waals surface area contributed by atoms with Crippen molar-refractivity contribution in [2.45, 2.75) is 50.8 Å². The molecule has 2 aliphatic rings. The van der Waals surface area contributed by atoms with Crippen LogP contribution in [0, 0.1) is 11.8 Å². The average Bonchev–Trinajstić information content (AvgIpc) is 2.58. The minimum absolute atomic E-state index is 0.0857. The monoisotopic (exact) mass is 386 g/mol. The van der Waals surface area contributed by atoms with Crippen LogP contribution in [0.4, 0.5) is 13.2 Å². The summed E-state index contributed by atoms with van der Waals surface area (Å²) in [5, 5.41) is 9.79. The van der Waals surface area contributed by atoms with E-state index in [0.29, 0.717) is 38.0 Å². The Kier molecular flexibility index (Phi) is 5.38. The molecule has 5 nitrogen and oxygen atoms in total. The third kappa shape index (κ3) is 4.54. The van der Waals surface area contributed by atoms with E-state index in [9.17, 15) is 23.1 Å². The lowest BCUT2D eigenvalue weighted by atomic mass is 9.71. The third-order valence-electron chi connectivity index (χ3n) is 5.56. The molecule has 0 unspecified atom stereocenters. The summed E-state index contributed by atoms with van der Waals surface area (Å²) in [5.74, 6) is -0.108. The Labute approximate surface area is 156 Å². The molecule has 0 radical (unpaired) electrons. The molecule has 8 heteroatoms. The Hall–Kier alpha value is -1.83. The van der Waals surface area contributed by atoms with E-state index in [1.54, 1.807) is 6.92 Å². The van der Waals surface area contributed by atoms with Gasteiger partial charge in [0.15, 0.2) is 0 Å². The van der Waals surface area contributed by atoms with Gasteiger partial charge in [-0.3, -0.25) is 4.79 Å². The van der Waals surface area contributed by atoms with E-state index in [1.165, 1.54) is 13.2 Å². The SMILES string of the molecule is COc1nc(CC2CCN(C(=O)[C@H]3C[C@@](C)(O)C3)CC2)ccc1C(F)(F)F. The fourth-order valence-corrected chi connectivity index (χ4v) is 4.05. The molecule has 1 aromatic rings. The highest BCUT2D eigenvalue weighted by molar-refractivity contribution is 5.80. The predicted molar refractivity (Wildman–Crippen MR) is 92.1 cm³/mol. The molecule has 0 aromatic carbocycles. The number of methoxy groups -OCH3 is 1. The van der Waals surface area contributed by atoms with Gasteiger partial charge in [-0.2, -0.15) is 13.2 Å². The number of amides is 1. The summed E-state index contributed by atoms with van der Waals surface area (Å²) in [4.78, 5) is 18.3. The molecule has 1 saturated heterocycles. The van der Waals surface area contributed by atoms with Crippen molar-refractivity contribution in [2.75, 3.05) is 20.2 Å². The van der Waals surface area contributed by atoms with Crippen LogP contribution < -0.4 is 4.74 Å². The number of aliphatic hydroxyl groups is 1. The fourth-order valence-electron chi connectivity index (χ4n) is 4.05. The number of halogens is 3. The van der Waals surface area contributed by atoms with Crippen molar-refractivity contribution in [1.82, 2.24) is 9.88 Å². The molecule has 1 amide bonds. The molecule has 0 atom stereocenters. The minimum atomic E-state index is -4.49. The van der Waals surface area contributed by atoms with Gasteiger partial charge in [0.2, 0.25) is 11.8 Å². The summed E-state index contributed by atoms with van der Waals surface area (Å²) in [6, 6.07) is 2.42. The highest BCUT2D eigenvalue weighted by Crippen LogP contribution is 2.39. The van der Waals surface area contributed by atoms with Gasteiger partial charge < -0.3 is 14.7 Å². The van der Waals surface area contributed by atoms with E-state index in [0.717, 1.165) is 18.9 Å². The first-order valence-electron chi connectivity index (χ1n) is 9.21. The summed E-state index contributed by atoms with van der Waals surface area (Å²) in [6.45, 7) is 3.02. The number of alkyl halides is 3. The van der Waals surface area contributed by atoms with Gasteiger partial charge in [-0.15, -0.1) is 0 Å². The molecule has 1 aromatic heterocycles. The number of carbonyl (C=O) groups excluding carboxylic acids is 1. The van der Waals surface area contributed by atoms with Crippen molar-refractivity contribution in [3.63, 3.8) is 0 Å². The maximum Gasteiger partial charge on any atom is 0.421 e. The highest BCUT2D eigenvalue weighted by Gasteiger charge is 2.44. The third-order valence-corrected chi connectivity index (χ3v) is 5.56. The first-order valence-corrected chi connectivity index (χ1v) is 9.21. The summed E-state index contributed by atoms with van der Waals surface area (Å²) >= 11 is 0. The van der Waals surface area contributed by atoms with Gasteiger partial charge in [0.1, 0.15) is 5.56 Å². The van der Waals surface area contributed by atoms with Crippen molar-refractivity contribution < 1.29 is 27.8 Å². The molecular weight excluding hydrogens is 361 g/mol. The van der Waals surface area contributed by atoms with Crippen molar-refractivity contribution in [3.8, 4) is 5.88 Å². The molecule has 3 rings (SSSR count). The second kappa shape index (κ2) is 7.30. The van der Waals surface area contributed by atoms with Gasteiger partial charge >= 0.3 is 6.18 Å². The largest absolute Gasteiger partial charge is 0.481 e. The van der Waals surface area contributed by atoms with Gasteiger partial charge in [0, 0.05) is 24.7 Å². The number of aromatic nitrogens is 1. The fraction of sp³-hybridized carbons (Fsp3) is 0.684. The van der Waals surface area contributed by atoms with E-state index in [2.05, 4.69) is 4.98 Å². The van der Waals surface area contributed by atoms with Crippen molar-refractivity contribution >= 4 is 5.91 Å². The normalized spacial score (nSPS) is 26.6.